The van der Waals surface area contributed by atoms with Crippen LogP contribution in [0.15, 0.2) is 27.6 Å². The van der Waals surface area contributed by atoms with Crippen LogP contribution < -0.4 is 0 Å². The second-order valence-corrected chi connectivity index (χ2v) is 6.00. The van der Waals surface area contributed by atoms with E-state index in [1.807, 2.05) is 6.92 Å². The standard InChI is InChI=1S/C12H15BrO4S/c1-2-17-6-3-7-18(16)11-8-9(13)4-5-10(11)12(14)15/h4-5,8H,2-3,6-7H2,1H3,(H,14,15). The molecule has 0 saturated heterocycles. The molecule has 0 amide bonds. The van der Waals surface area contributed by atoms with Gasteiger partial charge in [0.2, 0.25) is 0 Å². The van der Waals surface area contributed by atoms with Gasteiger partial charge in [-0.15, -0.1) is 0 Å². The summed E-state index contributed by atoms with van der Waals surface area (Å²) >= 11 is 3.25. The van der Waals surface area contributed by atoms with Crippen molar-refractivity contribution >= 4 is 32.7 Å². The lowest BCUT2D eigenvalue weighted by Crippen LogP contribution is -2.08. The van der Waals surface area contributed by atoms with Crippen molar-refractivity contribution in [1.82, 2.24) is 0 Å². The monoisotopic (exact) mass is 334 g/mol. The van der Waals surface area contributed by atoms with Gasteiger partial charge in [0.05, 0.1) is 21.3 Å². The average molecular weight is 335 g/mol. The Kier molecular flexibility index (Phi) is 6.52. The fourth-order valence-electron chi connectivity index (χ4n) is 1.41. The molecule has 4 nitrogen and oxygen atoms in total. The summed E-state index contributed by atoms with van der Waals surface area (Å²) in [6.45, 7) is 3.07. The first-order chi connectivity index (χ1) is 8.56. The Morgan fingerprint density at radius 3 is 2.83 bits per heavy atom. The first-order valence-corrected chi connectivity index (χ1v) is 7.66. The zero-order valence-corrected chi connectivity index (χ0v) is 12.4. The van der Waals surface area contributed by atoms with E-state index in [1.165, 1.54) is 6.07 Å². The van der Waals surface area contributed by atoms with E-state index in [2.05, 4.69) is 15.9 Å². The molecule has 0 aliphatic carbocycles. The number of hydrogen-bond donors (Lipinski definition) is 1. The lowest BCUT2D eigenvalue weighted by molar-refractivity contribution is 0.0693. The van der Waals surface area contributed by atoms with E-state index in [0.717, 1.165) is 4.47 Å². The molecular formula is C12H15BrO4S. The minimum atomic E-state index is -1.32. The smallest absolute Gasteiger partial charge is 0.336 e. The van der Waals surface area contributed by atoms with Gasteiger partial charge in [-0.05, 0) is 31.5 Å². The molecule has 1 atom stereocenters. The summed E-state index contributed by atoms with van der Waals surface area (Å²) < 4.78 is 17.9. The van der Waals surface area contributed by atoms with Gasteiger partial charge in [0, 0.05) is 23.4 Å². The Bertz CT molecular complexity index is 448. The van der Waals surface area contributed by atoms with E-state index in [-0.39, 0.29) is 5.56 Å². The molecule has 0 saturated carbocycles. The summed E-state index contributed by atoms with van der Waals surface area (Å²) in [7, 11) is -1.32. The first-order valence-electron chi connectivity index (χ1n) is 5.55. The lowest BCUT2D eigenvalue weighted by atomic mass is 10.2. The molecule has 1 aromatic carbocycles. The SMILES string of the molecule is CCOCCCS(=O)c1cc(Br)ccc1C(=O)O. The molecule has 0 heterocycles. The molecule has 0 aliphatic heterocycles. The van der Waals surface area contributed by atoms with Crippen LogP contribution in [0, 0.1) is 0 Å². The fraction of sp³-hybridized carbons (Fsp3) is 0.417. The third-order valence-electron chi connectivity index (χ3n) is 2.24. The highest BCUT2D eigenvalue weighted by Gasteiger charge is 2.15. The van der Waals surface area contributed by atoms with Gasteiger partial charge in [-0.3, -0.25) is 4.21 Å². The van der Waals surface area contributed by atoms with Crippen LogP contribution in [0.2, 0.25) is 0 Å². The number of aromatic carboxylic acids is 1. The van der Waals surface area contributed by atoms with Gasteiger partial charge in [0.25, 0.3) is 0 Å². The number of carboxylic acids is 1. The number of rotatable bonds is 7. The minimum Gasteiger partial charge on any atom is -0.478 e. The van der Waals surface area contributed by atoms with Crippen molar-refractivity contribution in [2.24, 2.45) is 0 Å². The number of carbonyl (C=O) groups is 1. The number of halogens is 1. The highest BCUT2D eigenvalue weighted by Crippen LogP contribution is 2.20. The van der Waals surface area contributed by atoms with Crippen molar-refractivity contribution in [1.29, 1.82) is 0 Å². The van der Waals surface area contributed by atoms with Gasteiger partial charge < -0.3 is 9.84 Å². The van der Waals surface area contributed by atoms with Crippen molar-refractivity contribution in [3.05, 3.63) is 28.2 Å². The molecule has 0 radical (unpaired) electrons. The predicted molar refractivity (Wildman–Crippen MR) is 73.5 cm³/mol. The summed E-state index contributed by atoms with van der Waals surface area (Å²) in [6, 6.07) is 4.69. The van der Waals surface area contributed by atoms with Gasteiger partial charge >= 0.3 is 5.97 Å². The summed E-state index contributed by atoms with van der Waals surface area (Å²) in [6.07, 6.45) is 0.645. The van der Waals surface area contributed by atoms with Crippen LogP contribution >= 0.6 is 15.9 Å². The largest absolute Gasteiger partial charge is 0.478 e. The average Bonchev–Trinajstić information content (AvgIpc) is 2.34. The molecule has 1 aromatic rings. The zero-order chi connectivity index (χ0) is 13.5. The molecule has 1 unspecified atom stereocenters. The lowest BCUT2D eigenvalue weighted by Gasteiger charge is -2.07. The molecule has 0 fully saturated rings. The maximum atomic E-state index is 12.1. The molecular weight excluding hydrogens is 320 g/mol. The normalized spacial score (nSPS) is 12.3. The molecule has 18 heavy (non-hydrogen) atoms. The third kappa shape index (κ3) is 4.51. The Balaban J connectivity index is 2.77. The summed E-state index contributed by atoms with van der Waals surface area (Å²) in [5.41, 5.74) is 0.0907. The van der Waals surface area contributed by atoms with Crippen LogP contribution in [0.3, 0.4) is 0 Å². The van der Waals surface area contributed by atoms with Crippen LogP contribution in [0.5, 0.6) is 0 Å². The van der Waals surface area contributed by atoms with E-state index < -0.39 is 16.8 Å². The fourth-order valence-corrected chi connectivity index (χ4v) is 3.18. The van der Waals surface area contributed by atoms with Gasteiger partial charge in [0.1, 0.15) is 0 Å². The Morgan fingerprint density at radius 1 is 1.50 bits per heavy atom. The van der Waals surface area contributed by atoms with Crippen molar-refractivity contribution < 1.29 is 18.8 Å². The van der Waals surface area contributed by atoms with E-state index in [4.69, 9.17) is 9.84 Å². The van der Waals surface area contributed by atoms with E-state index in [1.54, 1.807) is 12.1 Å². The topological polar surface area (TPSA) is 63.6 Å². The number of benzene rings is 1. The predicted octanol–water partition coefficient (Wildman–Crippen LogP) is 2.68. The van der Waals surface area contributed by atoms with Crippen LogP contribution in [-0.4, -0.2) is 34.3 Å². The second-order valence-electron chi connectivity index (χ2n) is 3.55. The molecule has 0 aromatic heterocycles. The van der Waals surface area contributed by atoms with Gasteiger partial charge in [-0.2, -0.15) is 0 Å². The molecule has 100 valence electrons. The summed E-state index contributed by atoms with van der Waals surface area (Å²) in [5, 5.41) is 9.04. The maximum Gasteiger partial charge on any atom is 0.336 e. The van der Waals surface area contributed by atoms with Gasteiger partial charge in [-0.25, -0.2) is 4.79 Å². The quantitative estimate of drug-likeness (QED) is 0.778. The first kappa shape index (κ1) is 15.3. The van der Waals surface area contributed by atoms with Crippen LogP contribution in [-0.2, 0) is 15.5 Å². The second kappa shape index (κ2) is 7.66. The number of carboxylic acid groups (broad SMARTS) is 1. The number of ether oxygens (including phenoxy) is 1. The third-order valence-corrected chi connectivity index (χ3v) is 4.22. The molecule has 0 spiro atoms. The highest BCUT2D eigenvalue weighted by atomic mass is 79.9. The molecule has 0 bridgehead atoms. The Hall–Kier alpha value is -0.720. The van der Waals surface area contributed by atoms with E-state index >= 15 is 0 Å². The van der Waals surface area contributed by atoms with Crippen LogP contribution in [0.1, 0.15) is 23.7 Å². The molecule has 1 N–H and O–H groups in total. The van der Waals surface area contributed by atoms with Crippen molar-refractivity contribution in [2.75, 3.05) is 19.0 Å². The molecule has 6 heteroatoms. The van der Waals surface area contributed by atoms with Crippen LogP contribution in [0.4, 0.5) is 0 Å². The van der Waals surface area contributed by atoms with Crippen molar-refractivity contribution in [2.45, 2.75) is 18.2 Å². The Morgan fingerprint density at radius 2 is 2.22 bits per heavy atom. The van der Waals surface area contributed by atoms with Crippen molar-refractivity contribution in [3.8, 4) is 0 Å². The summed E-state index contributed by atoms with van der Waals surface area (Å²) in [5.74, 6) is -0.660. The molecule has 1 rings (SSSR count). The summed E-state index contributed by atoms with van der Waals surface area (Å²) in [4.78, 5) is 11.4. The zero-order valence-electron chi connectivity index (χ0n) is 10.0. The molecule has 0 aliphatic rings. The highest BCUT2D eigenvalue weighted by molar-refractivity contribution is 9.10. The van der Waals surface area contributed by atoms with Crippen LogP contribution in [0.25, 0.3) is 0 Å². The van der Waals surface area contributed by atoms with E-state index in [0.29, 0.717) is 30.3 Å². The minimum absolute atomic E-state index is 0.0907. The van der Waals surface area contributed by atoms with Gasteiger partial charge in [-0.1, -0.05) is 15.9 Å². The van der Waals surface area contributed by atoms with Crippen molar-refractivity contribution in [3.63, 3.8) is 0 Å². The van der Waals surface area contributed by atoms with E-state index in [9.17, 15) is 9.00 Å². The maximum absolute atomic E-state index is 12.1. The number of hydrogen-bond acceptors (Lipinski definition) is 3. The Labute approximate surface area is 117 Å². The van der Waals surface area contributed by atoms with Gasteiger partial charge in [0.15, 0.2) is 0 Å².